The molecule has 5 nitrogen and oxygen atoms in total. The highest BCUT2D eigenvalue weighted by Crippen LogP contribution is 2.19. The van der Waals surface area contributed by atoms with Crippen LogP contribution in [0.4, 0.5) is 0 Å². The molecule has 0 aromatic heterocycles. The summed E-state index contributed by atoms with van der Waals surface area (Å²) in [6, 6.07) is 5.57. The van der Waals surface area contributed by atoms with Crippen molar-refractivity contribution >= 4 is 23.6 Å². The van der Waals surface area contributed by atoms with Crippen LogP contribution in [0.15, 0.2) is 29.2 Å². The van der Waals surface area contributed by atoms with Crippen LogP contribution in [-0.4, -0.2) is 40.5 Å². The average molecular weight is 269 g/mol. The molecule has 0 aliphatic heterocycles. The zero-order chi connectivity index (χ0) is 13.7. The van der Waals surface area contributed by atoms with Gasteiger partial charge in [-0.15, -0.1) is 11.8 Å². The molecule has 1 aromatic carbocycles. The molecule has 0 saturated heterocycles. The summed E-state index contributed by atoms with van der Waals surface area (Å²) in [5.41, 5.74) is 0.400. The van der Waals surface area contributed by atoms with Crippen molar-refractivity contribution in [2.45, 2.75) is 24.0 Å². The molecule has 2 unspecified atom stereocenters. The van der Waals surface area contributed by atoms with Crippen LogP contribution in [0.2, 0.25) is 0 Å². The van der Waals surface area contributed by atoms with E-state index in [9.17, 15) is 14.7 Å². The number of aliphatic hydroxyl groups is 1. The molecule has 6 heteroatoms. The summed E-state index contributed by atoms with van der Waals surface area (Å²) in [4.78, 5) is 23.6. The monoisotopic (exact) mass is 269 g/mol. The zero-order valence-corrected chi connectivity index (χ0v) is 10.9. The van der Waals surface area contributed by atoms with Gasteiger partial charge in [0.1, 0.15) is 0 Å². The molecule has 0 saturated carbocycles. The third-order valence-electron chi connectivity index (χ3n) is 2.39. The topological polar surface area (TPSA) is 86.6 Å². The van der Waals surface area contributed by atoms with Crippen LogP contribution in [0, 0.1) is 0 Å². The Morgan fingerprint density at radius 1 is 1.33 bits per heavy atom. The van der Waals surface area contributed by atoms with Gasteiger partial charge in [-0.3, -0.25) is 4.79 Å². The molecule has 0 radical (unpaired) electrons. The highest BCUT2D eigenvalue weighted by Gasteiger charge is 2.26. The molecule has 18 heavy (non-hydrogen) atoms. The molecule has 0 aliphatic carbocycles. The van der Waals surface area contributed by atoms with Gasteiger partial charge in [-0.05, 0) is 25.3 Å². The van der Waals surface area contributed by atoms with E-state index in [-0.39, 0.29) is 0 Å². The maximum Gasteiger partial charge on any atom is 0.328 e. The fourth-order valence-corrected chi connectivity index (χ4v) is 2.04. The standard InChI is InChI=1S/C12H15NO4S/c1-7(14)10(12(16)17)13-11(15)8-5-3-4-6-9(8)18-2/h3-7,10,14H,1-2H3,(H,13,15)(H,16,17). The van der Waals surface area contributed by atoms with E-state index in [0.717, 1.165) is 4.90 Å². The second-order valence-electron chi connectivity index (χ2n) is 3.73. The molecule has 98 valence electrons. The first kappa shape index (κ1) is 14.5. The molecule has 0 bridgehead atoms. The summed E-state index contributed by atoms with van der Waals surface area (Å²) >= 11 is 1.40. The smallest absolute Gasteiger partial charge is 0.328 e. The Bertz CT molecular complexity index is 447. The fourth-order valence-electron chi connectivity index (χ4n) is 1.44. The van der Waals surface area contributed by atoms with E-state index < -0.39 is 24.0 Å². The maximum atomic E-state index is 11.9. The number of carboxylic acids is 1. The van der Waals surface area contributed by atoms with Crippen molar-refractivity contribution in [2.75, 3.05) is 6.26 Å². The van der Waals surface area contributed by atoms with Crippen LogP contribution in [0.3, 0.4) is 0 Å². The van der Waals surface area contributed by atoms with Gasteiger partial charge in [0.15, 0.2) is 6.04 Å². The maximum absolute atomic E-state index is 11.9. The predicted molar refractivity (Wildman–Crippen MR) is 68.8 cm³/mol. The van der Waals surface area contributed by atoms with E-state index in [4.69, 9.17) is 5.11 Å². The zero-order valence-electron chi connectivity index (χ0n) is 10.1. The molecule has 0 spiro atoms. The molecule has 0 fully saturated rings. The van der Waals surface area contributed by atoms with Crippen molar-refractivity contribution in [3.63, 3.8) is 0 Å². The number of aliphatic hydroxyl groups excluding tert-OH is 1. The van der Waals surface area contributed by atoms with E-state index in [1.54, 1.807) is 24.3 Å². The number of carbonyl (C=O) groups is 2. The van der Waals surface area contributed by atoms with Gasteiger partial charge < -0.3 is 15.5 Å². The molecule has 2 atom stereocenters. The number of thioether (sulfide) groups is 1. The lowest BCUT2D eigenvalue weighted by atomic mass is 10.1. The summed E-state index contributed by atoms with van der Waals surface area (Å²) in [6.07, 6.45) is 0.669. The van der Waals surface area contributed by atoms with Gasteiger partial charge in [-0.2, -0.15) is 0 Å². The molecular formula is C12H15NO4S. The fraction of sp³-hybridized carbons (Fsp3) is 0.333. The first-order chi connectivity index (χ1) is 8.47. The lowest BCUT2D eigenvalue weighted by Crippen LogP contribution is -2.47. The van der Waals surface area contributed by atoms with Crippen LogP contribution in [0.5, 0.6) is 0 Å². The van der Waals surface area contributed by atoms with Crippen LogP contribution in [-0.2, 0) is 4.79 Å². The Labute approximate surface area is 109 Å². The first-order valence-electron chi connectivity index (χ1n) is 5.32. The summed E-state index contributed by atoms with van der Waals surface area (Å²) in [6.45, 7) is 1.32. The van der Waals surface area contributed by atoms with Gasteiger partial charge >= 0.3 is 5.97 Å². The number of benzene rings is 1. The number of carbonyl (C=O) groups excluding carboxylic acids is 1. The highest BCUT2D eigenvalue weighted by atomic mass is 32.2. The van der Waals surface area contributed by atoms with Crippen molar-refractivity contribution in [1.29, 1.82) is 0 Å². The quantitative estimate of drug-likeness (QED) is 0.693. The number of rotatable bonds is 5. The van der Waals surface area contributed by atoms with Crippen molar-refractivity contribution in [1.82, 2.24) is 5.32 Å². The van der Waals surface area contributed by atoms with Gasteiger partial charge in [0, 0.05) is 4.90 Å². The normalized spacial score (nSPS) is 13.7. The minimum Gasteiger partial charge on any atom is -0.480 e. The molecule has 3 N–H and O–H groups in total. The van der Waals surface area contributed by atoms with Gasteiger partial charge in [-0.25, -0.2) is 4.79 Å². The lowest BCUT2D eigenvalue weighted by molar-refractivity contribution is -0.141. The summed E-state index contributed by atoms with van der Waals surface area (Å²) in [7, 11) is 0. The van der Waals surface area contributed by atoms with Crippen molar-refractivity contribution in [3.05, 3.63) is 29.8 Å². The Hall–Kier alpha value is -1.53. The van der Waals surface area contributed by atoms with E-state index >= 15 is 0 Å². The second kappa shape index (κ2) is 6.42. The minimum absolute atomic E-state index is 0.400. The Kier molecular flexibility index (Phi) is 5.18. The van der Waals surface area contributed by atoms with E-state index in [2.05, 4.69) is 5.32 Å². The summed E-state index contributed by atoms with van der Waals surface area (Å²) in [5, 5.41) is 20.5. The van der Waals surface area contributed by atoms with E-state index in [1.807, 2.05) is 6.26 Å². The van der Waals surface area contributed by atoms with Crippen molar-refractivity contribution in [3.8, 4) is 0 Å². The number of amides is 1. The second-order valence-corrected chi connectivity index (χ2v) is 4.58. The Morgan fingerprint density at radius 2 is 1.94 bits per heavy atom. The van der Waals surface area contributed by atoms with Crippen LogP contribution in [0.1, 0.15) is 17.3 Å². The summed E-state index contributed by atoms with van der Waals surface area (Å²) in [5.74, 6) is -1.77. The number of hydrogen-bond donors (Lipinski definition) is 3. The van der Waals surface area contributed by atoms with Crippen LogP contribution >= 0.6 is 11.8 Å². The molecular weight excluding hydrogens is 254 g/mol. The first-order valence-corrected chi connectivity index (χ1v) is 6.54. The third kappa shape index (κ3) is 3.48. The van der Waals surface area contributed by atoms with Crippen LogP contribution in [0.25, 0.3) is 0 Å². The Morgan fingerprint density at radius 3 is 2.44 bits per heavy atom. The van der Waals surface area contributed by atoms with Crippen molar-refractivity contribution < 1.29 is 19.8 Å². The van der Waals surface area contributed by atoms with Crippen molar-refractivity contribution in [2.24, 2.45) is 0 Å². The molecule has 1 aromatic rings. The average Bonchev–Trinajstić information content (AvgIpc) is 2.34. The molecule has 0 aliphatic rings. The largest absolute Gasteiger partial charge is 0.480 e. The summed E-state index contributed by atoms with van der Waals surface area (Å²) < 4.78 is 0. The highest BCUT2D eigenvalue weighted by molar-refractivity contribution is 7.98. The lowest BCUT2D eigenvalue weighted by Gasteiger charge is -2.17. The molecule has 1 amide bonds. The minimum atomic E-state index is -1.31. The molecule has 1 rings (SSSR count). The molecule has 0 heterocycles. The number of nitrogens with one attached hydrogen (secondary N) is 1. The van der Waals surface area contributed by atoms with Gasteiger partial charge in [0.05, 0.1) is 11.7 Å². The number of aliphatic carboxylic acids is 1. The van der Waals surface area contributed by atoms with Gasteiger partial charge in [-0.1, -0.05) is 12.1 Å². The van der Waals surface area contributed by atoms with Gasteiger partial charge in [0.25, 0.3) is 5.91 Å². The van der Waals surface area contributed by atoms with E-state index in [0.29, 0.717) is 5.56 Å². The SMILES string of the molecule is CSc1ccccc1C(=O)NC(C(=O)O)C(C)O. The predicted octanol–water partition coefficient (Wildman–Crippen LogP) is 0.972. The van der Waals surface area contributed by atoms with Gasteiger partial charge in [0.2, 0.25) is 0 Å². The van der Waals surface area contributed by atoms with E-state index in [1.165, 1.54) is 18.7 Å². The number of hydrogen-bond acceptors (Lipinski definition) is 4. The van der Waals surface area contributed by atoms with Crippen LogP contribution < -0.4 is 5.32 Å². The number of carboxylic acid groups (broad SMARTS) is 1. The third-order valence-corrected chi connectivity index (χ3v) is 3.18. The Balaban J connectivity index is 2.90.